The van der Waals surface area contributed by atoms with Gasteiger partial charge in [0.25, 0.3) is 0 Å². The first-order valence-corrected chi connectivity index (χ1v) is 8.79. The Labute approximate surface area is 178 Å². The van der Waals surface area contributed by atoms with Gasteiger partial charge in [0, 0.05) is 45.6 Å². The minimum absolute atomic E-state index is 0. The molecule has 2 N–H and O–H groups in total. The van der Waals surface area contributed by atoms with Crippen LogP contribution in [-0.2, 0) is 18.4 Å². The highest BCUT2D eigenvalue weighted by atomic mass is 127. The van der Waals surface area contributed by atoms with Gasteiger partial charge in [0.15, 0.2) is 5.96 Å². The van der Waals surface area contributed by atoms with Gasteiger partial charge in [-0.15, -0.1) is 24.0 Å². The molecule has 2 aromatic rings. The molecule has 0 aromatic carbocycles. The van der Waals surface area contributed by atoms with E-state index in [1.807, 2.05) is 36.3 Å². The number of aliphatic imine (C=N–C) groups is 1. The second-order valence-electron chi connectivity index (χ2n) is 6.29. The molecule has 0 saturated carbocycles. The number of halogens is 1. The van der Waals surface area contributed by atoms with Crippen LogP contribution in [0.4, 0.5) is 0 Å². The van der Waals surface area contributed by atoms with Crippen molar-refractivity contribution in [1.29, 1.82) is 0 Å². The van der Waals surface area contributed by atoms with Crippen LogP contribution in [0.3, 0.4) is 0 Å². The number of nitrogens with zero attached hydrogens (tertiary/aromatic N) is 4. The largest absolute Gasteiger partial charge is 0.467 e. The first-order valence-electron chi connectivity index (χ1n) is 8.79. The summed E-state index contributed by atoms with van der Waals surface area (Å²) in [5, 5.41) is 10.9. The highest BCUT2D eigenvalue weighted by Gasteiger charge is 2.16. The van der Waals surface area contributed by atoms with Crippen LogP contribution in [0.5, 0.6) is 0 Å². The van der Waals surface area contributed by atoms with Gasteiger partial charge in [-0.25, -0.2) is 0 Å². The third-order valence-corrected chi connectivity index (χ3v) is 4.00. The molecule has 0 aliphatic rings. The lowest BCUT2D eigenvalue weighted by atomic mass is 10.1. The van der Waals surface area contributed by atoms with E-state index in [9.17, 15) is 0 Å². The number of ether oxygens (including phenoxy) is 1. The van der Waals surface area contributed by atoms with Gasteiger partial charge in [-0.2, -0.15) is 5.10 Å². The van der Waals surface area contributed by atoms with E-state index in [1.165, 1.54) is 5.56 Å². The number of aromatic nitrogens is 2. The SMILES string of the molecule is CN=C(NCCCOCc1ccco1)NCC(c1cnn(C)c1)N(C)C.I. The molecule has 0 aliphatic heterocycles. The molecule has 0 amide bonds. The number of guanidine groups is 1. The number of likely N-dealkylation sites (N-methyl/N-ethyl adjacent to an activating group) is 1. The van der Waals surface area contributed by atoms with Crippen LogP contribution in [0.2, 0.25) is 0 Å². The van der Waals surface area contributed by atoms with Crippen molar-refractivity contribution < 1.29 is 9.15 Å². The summed E-state index contributed by atoms with van der Waals surface area (Å²) < 4.78 is 12.6. The summed E-state index contributed by atoms with van der Waals surface area (Å²) in [6.07, 6.45) is 6.49. The minimum Gasteiger partial charge on any atom is -0.467 e. The molecule has 0 radical (unpaired) electrons. The van der Waals surface area contributed by atoms with E-state index in [1.54, 1.807) is 13.3 Å². The van der Waals surface area contributed by atoms with Gasteiger partial charge in [-0.1, -0.05) is 0 Å². The molecule has 1 unspecified atom stereocenters. The molecule has 0 aliphatic carbocycles. The predicted octanol–water partition coefficient (Wildman–Crippen LogP) is 2.01. The summed E-state index contributed by atoms with van der Waals surface area (Å²) in [7, 11) is 7.83. The molecular weight excluding hydrogens is 459 g/mol. The van der Waals surface area contributed by atoms with Crippen molar-refractivity contribution in [3.05, 3.63) is 42.1 Å². The first kappa shape index (κ1) is 23.4. The first-order chi connectivity index (χ1) is 12.6. The maximum atomic E-state index is 5.57. The van der Waals surface area contributed by atoms with Crippen LogP contribution in [0.1, 0.15) is 23.8 Å². The van der Waals surface area contributed by atoms with E-state index < -0.39 is 0 Å². The highest BCUT2D eigenvalue weighted by Crippen LogP contribution is 2.15. The molecule has 0 saturated heterocycles. The van der Waals surface area contributed by atoms with E-state index >= 15 is 0 Å². The summed E-state index contributed by atoms with van der Waals surface area (Å²) in [4.78, 5) is 6.44. The number of aryl methyl sites for hydroxylation is 1. The molecule has 9 heteroatoms. The molecule has 2 heterocycles. The average molecular weight is 490 g/mol. The number of furan rings is 1. The summed E-state index contributed by atoms with van der Waals surface area (Å²) in [5.74, 6) is 1.63. The van der Waals surface area contributed by atoms with Crippen LogP contribution in [-0.4, -0.2) is 61.5 Å². The van der Waals surface area contributed by atoms with Crippen molar-refractivity contribution in [2.45, 2.75) is 19.1 Å². The smallest absolute Gasteiger partial charge is 0.191 e. The lowest BCUT2D eigenvalue weighted by Crippen LogP contribution is -2.42. The second kappa shape index (κ2) is 12.7. The van der Waals surface area contributed by atoms with Crippen molar-refractivity contribution in [2.24, 2.45) is 12.0 Å². The van der Waals surface area contributed by atoms with E-state index in [-0.39, 0.29) is 30.0 Å². The Bertz CT molecular complexity index is 657. The monoisotopic (exact) mass is 490 g/mol. The third kappa shape index (κ3) is 8.31. The van der Waals surface area contributed by atoms with Gasteiger partial charge < -0.3 is 24.7 Å². The molecule has 0 spiro atoms. The quantitative estimate of drug-likeness (QED) is 0.230. The number of hydrogen-bond donors (Lipinski definition) is 2. The number of hydrogen-bond acceptors (Lipinski definition) is 5. The Balaban J connectivity index is 0.00000364. The van der Waals surface area contributed by atoms with Gasteiger partial charge in [-0.05, 0) is 32.6 Å². The molecule has 2 aromatic heterocycles. The normalized spacial score (nSPS) is 12.7. The molecule has 0 bridgehead atoms. The topological polar surface area (TPSA) is 79.9 Å². The fourth-order valence-electron chi connectivity index (χ4n) is 2.57. The molecule has 0 fully saturated rings. The van der Waals surface area contributed by atoms with Crippen molar-refractivity contribution in [2.75, 3.05) is 40.8 Å². The lowest BCUT2D eigenvalue weighted by molar-refractivity contribution is 0.105. The van der Waals surface area contributed by atoms with Crippen molar-refractivity contribution in [3.63, 3.8) is 0 Å². The lowest BCUT2D eigenvalue weighted by Gasteiger charge is -2.24. The highest BCUT2D eigenvalue weighted by molar-refractivity contribution is 14.0. The van der Waals surface area contributed by atoms with E-state index in [2.05, 4.69) is 39.7 Å². The predicted molar refractivity (Wildman–Crippen MR) is 117 cm³/mol. The molecular formula is C18H31IN6O2. The molecule has 152 valence electrons. The minimum atomic E-state index is 0. The zero-order chi connectivity index (χ0) is 18.8. The Kier molecular flexibility index (Phi) is 11.1. The summed E-state index contributed by atoms with van der Waals surface area (Å²) in [5.41, 5.74) is 1.17. The molecule has 27 heavy (non-hydrogen) atoms. The maximum Gasteiger partial charge on any atom is 0.191 e. The molecule has 8 nitrogen and oxygen atoms in total. The zero-order valence-electron chi connectivity index (χ0n) is 16.5. The van der Waals surface area contributed by atoms with Crippen LogP contribution in [0.15, 0.2) is 40.2 Å². The fraction of sp³-hybridized carbons (Fsp3) is 0.556. The van der Waals surface area contributed by atoms with E-state index in [0.717, 1.165) is 31.2 Å². The van der Waals surface area contributed by atoms with Crippen molar-refractivity contribution in [1.82, 2.24) is 25.3 Å². The van der Waals surface area contributed by atoms with Crippen LogP contribution < -0.4 is 10.6 Å². The summed E-state index contributed by atoms with van der Waals surface area (Å²) in [6, 6.07) is 3.99. The zero-order valence-corrected chi connectivity index (χ0v) is 18.8. The van der Waals surface area contributed by atoms with E-state index in [0.29, 0.717) is 13.2 Å². The summed E-state index contributed by atoms with van der Waals surface area (Å²) in [6.45, 7) is 2.71. The standard InChI is InChI=1S/C18H30N6O2.HI/c1-19-18(20-8-6-9-25-14-16-7-5-10-26-16)21-12-17(23(2)3)15-11-22-24(4)13-15;/h5,7,10-11,13,17H,6,8-9,12,14H2,1-4H3,(H2,19,20,21);1H. The number of rotatable bonds is 10. The molecule has 2 rings (SSSR count). The summed E-state index contributed by atoms with van der Waals surface area (Å²) >= 11 is 0. The van der Waals surface area contributed by atoms with Gasteiger partial charge in [0.1, 0.15) is 12.4 Å². The third-order valence-electron chi connectivity index (χ3n) is 4.00. The molecule has 1 atom stereocenters. The Morgan fingerprint density at radius 3 is 2.81 bits per heavy atom. The van der Waals surface area contributed by atoms with Gasteiger partial charge in [0.2, 0.25) is 0 Å². The average Bonchev–Trinajstić information content (AvgIpc) is 3.28. The van der Waals surface area contributed by atoms with Crippen LogP contribution >= 0.6 is 24.0 Å². The van der Waals surface area contributed by atoms with Crippen LogP contribution in [0.25, 0.3) is 0 Å². The Morgan fingerprint density at radius 1 is 1.41 bits per heavy atom. The Morgan fingerprint density at radius 2 is 2.22 bits per heavy atom. The fourth-order valence-corrected chi connectivity index (χ4v) is 2.57. The van der Waals surface area contributed by atoms with Gasteiger partial charge in [-0.3, -0.25) is 9.67 Å². The van der Waals surface area contributed by atoms with E-state index in [4.69, 9.17) is 9.15 Å². The maximum absolute atomic E-state index is 5.57. The van der Waals surface area contributed by atoms with Gasteiger partial charge in [0.05, 0.1) is 18.5 Å². The Hall–Kier alpha value is -1.59. The van der Waals surface area contributed by atoms with Gasteiger partial charge >= 0.3 is 0 Å². The van der Waals surface area contributed by atoms with Crippen molar-refractivity contribution >= 4 is 29.9 Å². The second-order valence-corrected chi connectivity index (χ2v) is 6.29. The van der Waals surface area contributed by atoms with Crippen molar-refractivity contribution in [3.8, 4) is 0 Å². The number of nitrogens with one attached hydrogen (secondary N) is 2. The van der Waals surface area contributed by atoms with Crippen LogP contribution in [0, 0.1) is 0 Å².